The maximum atomic E-state index is 13.5. The number of ether oxygens (including phenoxy) is 1. The van der Waals surface area contributed by atoms with Crippen LogP contribution in [0.3, 0.4) is 0 Å². The monoisotopic (exact) mass is 270 g/mol. The van der Waals surface area contributed by atoms with Crippen LogP contribution in [0.2, 0.25) is 0 Å². The number of aryl methyl sites for hydroxylation is 1. The van der Waals surface area contributed by atoms with E-state index in [4.69, 9.17) is 4.74 Å². The first kappa shape index (κ1) is 12.9. The molecule has 2 aromatic rings. The minimum Gasteiger partial charge on any atom is -0.489 e. The zero-order chi connectivity index (χ0) is 13.9. The SMILES string of the molecule is O=C1CCCc2cc(OCc3ccccc3F)ccc21. The fourth-order valence-corrected chi connectivity index (χ4v) is 2.49. The molecule has 0 saturated heterocycles. The van der Waals surface area contributed by atoms with Crippen molar-refractivity contribution in [3.05, 3.63) is 65.0 Å². The van der Waals surface area contributed by atoms with Crippen LogP contribution in [-0.4, -0.2) is 5.78 Å². The van der Waals surface area contributed by atoms with E-state index in [9.17, 15) is 9.18 Å². The minimum atomic E-state index is -0.263. The Bertz CT molecular complexity index is 649. The van der Waals surface area contributed by atoms with Gasteiger partial charge in [-0.05, 0) is 42.7 Å². The molecule has 3 rings (SSSR count). The van der Waals surface area contributed by atoms with Crippen molar-refractivity contribution in [3.8, 4) is 5.75 Å². The first-order valence-electron chi connectivity index (χ1n) is 6.76. The van der Waals surface area contributed by atoms with Gasteiger partial charge in [-0.1, -0.05) is 18.2 Å². The third kappa shape index (κ3) is 2.57. The molecule has 20 heavy (non-hydrogen) atoms. The fourth-order valence-electron chi connectivity index (χ4n) is 2.49. The third-order valence-electron chi connectivity index (χ3n) is 3.58. The highest BCUT2D eigenvalue weighted by Crippen LogP contribution is 2.26. The summed E-state index contributed by atoms with van der Waals surface area (Å²) in [6, 6.07) is 12.1. The Balaban J connectivity index is 1.76. The summed E-state index contributed by atoms with van der Waals surface area (Å²) >= 11 is 0. The summed E-state index contributed by atoms with van der Waals surface area (Å²) in [5, 5.41) is 0. The molecule has 0 unspecified atom stereocenters. The lowest BCUT2D eigenvalue weighted by atomic mass is 9.90. The number of ketones is 1. The highest BCUT2D eigenvalue weighted by molar-refractivity contribution is 5.98. The summed E-state index contributed by atoms with van der Waals surface area (Å²) in [5.74, 6) is 0.620. The molecule has 0 heterocycles. The van der Waals surface area contributed by atoms with Crippen LogP contribution in [0.1, 0.15) is 34.3 Å². The van der Waals surface area contributed by atoms with Gasteiger partial charge in [0, 0.05) is 17.5 Å². The van der Waals surface area contributed by atoms with Crippen LogP contribution >= 0.6 is 0 Å². The molecule has 0 aliphatic heterocycles. The Morgan fingerprint density at radius 2 is 1.95 bits per heavy atom. The van der Waals surface area contributed by atoms with Gasteiger partial charge >= 0.3 is 0 Å². The predicted octanol–water partition coefficient (Wildman–Crippen LogP) is 3.92. The van der Waals surface area contributed by atoms with Crippen LogP contribution in [-0.2, 0) is 13.0 Å². The van der Waals surface area contributed by atoms with E-state index in [0.717, 1.165) is 24.0 Å². The van der Waals surface area contributed by atoms with Crippen LogP contribution in [0.5, 0.6) is 5.75 Å². The van der Waals surface area contributed by atoms with Crippen LogP contribution < -0.4 is 4.74 Å². The smallest absolute Gasteiger partial charge is 0.163 e. The van der Waals surface area contributed by atoms with E-state index in [2.05, 4.69) is 0 Å². The largest absolute Gasteiger partial charge is 0.489 e. The summed E-state index contributed by atoms with van der Waals surface area (Å²) in [7, 11) is 0. The molecule has 0 atom stereocenters. The number of hydrogen-bond donors (Lipinski definition) is 0. The van der Waals surface area contributed by atoms with Crippen LogP contribution in [0, 0.1) is 5.82 Å². The van der Waals surface area contributed by atoms with Crippen molar-refractivity contribution in [1.82, 2.24) is 0 Å². The van der Waals surface area contributed by atoms with Gasteiger partial charge in [0.15, 0.2) is 5.78 Å². The normalized spacial score (nSPS) is 13.9. The van der Waals surface area contributed by atoms with Crippen molar-refractivity contribution in [2.24, 2.45) is 0 Å². The lowest BCUT2D eigenvalue weighted by Gasteiger charge is -2.16. The molecule has 0 fully saturated rings. The summed E-state index contributed by atoms with van der Waals surface area (Å²) in [4.78, 5) is 11.7. The van der Waals surface area contributed by atoms with Gasteiger partial charge in [-0.25, -0.2) is 4.39 Å². The van der Waals surface area contributed by atoms with E-state index in [-0.39, 0.29) is 18.2 Å². The fraction of sp³-hybridized carbons (Fsp3) is 0.235. The number of Topliss-reactive ketones (excluding diaryl/α,β-unsaturated/α-hetero) is 1. The van der Waals surface area contributed by atoms with E-state index >= 15 is 0 Å². The number of rotatable bonds is 3. The zero-order valence-electron chi connectivity index (χ0n) is 11.1. The van der Waals surface area contributed by atoms with E-state index in [1.54, 1.807) is 24.3 Å². The molecule has 0 radical (unpaired) electrons. The van der Waals surface area contributed by atoms with Gasteiger partial charge in [0.25, 0.3) is 0 Å². The second kappa shape index (κ2) is 5.45. The van der Waals surface area contributed by atoms with Crippen LogP contribution in [0.25, 0.3) is 0 Å². The van der Waals surface area contributed by atoms with Gasteiger partial charge < -0.3 is 4.74 Å². The van der Waals surface area contributed by atoms with Crippen molar-refractivity contribution >= 4 is 5.78 Å². The summed E-state index contributed by atoms with van der Waals surface area (Å²) < 4.78 is 19.1. The van der Waals surface area contributed by atoms with Gasteiger partial charge in [-0.3, -0.25) is 4.79 Å². The Morgan fingerprint density at radius 1 is 1.10 bits per heavy atom. The van der Waals surface area contributed by atoms with Gasteiger partial charge in [-0.2, -0.15) is 0 Å². The Hall–Kier alpha value is -2.16. The lowest BCUT2D eigenvalue weighted by molar-refractivity contribution is 0.0972. The van der Waals surface area contributed by atoms with Crippen LogP contribution in [0.15, 0.2) is 42.5 Å². The van der Waals surface area contributed by atoms with E-state index < -0.39 is 0 Å². The first-order chi connectivity index (χ1) is 9.74. The molecule has 1 aliphatic rings. The average molecular weight is 270 g/mol. The van der Waals surface area contributed by atoms with E-state index in [1.807, 2.05) is 12.1 Å². The highest BCUT2D eigenvalue weighted by atomic mass is 19.1. The van der Waals surface area contributed by atoms with E-state index in [1.165, 1.54) is 6.07 Å². The molecule has 0 aromatic heterocycles. The van der Waals surface area contributed by atoms with Crippen molar-refractivity contribution in [3.63, 3.8) is 0 Å². The molecular formula is C17H15FO2. The number of fused-ring (bicyclic) bond motifs is 1. The number of hydrogen-bond acceptors (Lipinski definition) is 2. The van der Waals surface area contributed by atoms with Crippen molar-refractivity contribution in [2.45, 2.75) is 25.9 Å². The Kier molecular flexibility index (Phi) is 3.50. The van der Waals surface area contributed by atoms with Crippen molar-refractivity contribution in [2.75, 3.05) is 0 Å². The highest BCUT2D eigenvalue weighted by Gasteiger charge is 2.17. The maximum Gasteiger partial charge on any atom is 0.163 e. The number of benzene rings is 2. The quantitative estimate of drug-likeness (QED) is 0.844. The van der Waals surface area contributed by atoms with Gasteiger partial charge in [0.05, 0.1) is 0 Å². The average Bonchev–Trinajstić information content (AvgIpc) is 2.46. The minimum absolute atomic E-state index is 0.194. The third-order valence-corrected chi connectivity index (χ3v) is 3.58. The lowest BCUT2D eigenvalue weighted by Crippen LogP contribution is -2.10. The number of carbonyl (C=O) groups is 1. The Labute approximate surface area is 117 Å². The second-order valence-electron chi connectivity index (χ2n) is 4.98. The van der Waals surface area contributed by atoms with Gasteiger partial charge in [-0.15, -0.1) is 0 Å². The van der Waals surface area contributed by atoms with Crippen molar-refractivity contribution in [1.29, 1.82) is 0 Å². The number of halogens is 1. The molecule has 0 saturated carbocycles. The standard InChI is InChI=1S/C17H15FO2/c18-16-6-2-1-4-13(16)11-20-14-8-9-15-12(10-14)5-3-7-17(15)19/h1-2,4,6,8-10H,3,5,7,11H2. The van der Waals surface area contributed by atoms with Crippen molar-refractivity contribution < 1.29 is 13.9 Å². The summed E-state index contributed by atoms with van der Waals surface area (Å²) in [5.41, 5.74) is 2.36. The first-order valence-corrected chi connectivity index (χ1v) is 6.76. The molecule has 102 valence electrons. The molecule has 1 aliphatic carbocycles. The molecule has 2 aromatic carbocycles. The Morgan fingerprint density at radius 3 is 2.80 bits per heavy atom. The zero-order valence-corrected chi connectivity index (χ0v) is 11.1. The molecule has 3 heteroatoms. The van der Waals surface area contributed by atoms with E-state index in [0.29, 0.717) is 17.7 Å². The topological polar surface area (TPSA) is 26.3 Å². The molecule has 0 spiro atoms. The second-order valence-corrected chi connectivity index (χ2v) is 4.98. The summed E-state index contributed by atoms with van der Waals surface area (Å²) in [6.45, 7) is 0.194. The number of carbonyl (C=O) groups excluding carboxylic acids is 1. The van der Waals surface area contributed by atoms with Gasteiger partial charge in [0.1, 0.15) is 18.2 Å². The molecule has 0 N–H and O–H groups in total. The molecule has 0 bridgehead atoms. The molecular weight excluding hydrogens is 255 g/mol. The van der Waals surface area contributed by atoms with Crippen LogP contribution in [0.4, 0.5) is 4.39 Å². The van der Waals surface area contributed by atoms with Gasteiger partial charge in [0.2, 0.25) is 0 Å². The predicted molar refractivity (Wildman–Crippen MR) is 74.4 cm³/mol. The maximum absolute atomic E-state index is 13.5. The molecule has 0 amide bonds. The molecule has 2 nitrogen and oxygen atoms in total. The summed E-state index contributed by atoms with van der Waals surface area (Å²) in [6.07, 6.45) is 2.42.